The molecule has 0 unspecified atom stereocenters. The summed E-state index contributed by atoms with van der Waals surface area (Å²) in [5.41, 5.74) is 1.66. The topological polar surface area (TPSA) is 62.6 Å². The van der Waals surface area contributed by atoms with Crippen LogP contribution in [-0.4, -0.2) is 31.1 Å². The SMILES string of the molecule is COc1cc(C#N)ccc1OCC(=O)N(CCc1ccccc1)Cc1cccs1. The van der Waals surface area contributed by atoms with Crippen molar-refractivity contribution in [1.29, 1.82) is 5.26 Å². The number of carbonyl (C=O) groups is 1. The van der Waals surface area contributed by atoms with Crippen LogP contribution in [0, 0.1) is 11.3 Å². The van der Waals surface area contributed by atoms with E-state index in [4.69, 9.17) is 14.7 Å². The standard InChI is InChI=1S/C23H22N2O3S/c1-27-22-14-19(15-24)9-10-21(22)28-17-23(26)25(16-20-8-5-13-29-20)12-11-18-6-3-2-4-7-18/h2-10,13-14H,11-12,16-17H2,1H3. The van der Waals surface area contributed by atoms with E-state index < -0.39 is 0 Å². The normalized spacial score (nSPS) is 10.2. The van der Waals surface area contributed by atoms with Gasteiger partial charge >= 0.3 is 0 Å². The molecule has 0 aliphatic carbocycles. The molecule has 1 amide bonds. The number of ether oxygens (including phenoxy) is 2. The molecule has 0 aliphatic rings. The molecule has 0 saturated carbocycles. The quantitative estimate of drug-likeness (QED) is 0.532. The Hall–Kier alpha value is -3.30. The van der Waals surface area contributed by atoms with Crippen LogP contribution in [0.2, 0.25) is 0 Å². The van der Waals surface area contributed by atoms with Gasteiger partial charge in [-0.1, -0.05) is 36.4 Å². The molecule has 3 rings (SSSR count). The number of thiophene rings is 1. The summed E-state index contributed by atoms with van der Waals surface area (Å²) in [6.45, 7) is 1.06. The van der Waals surface area contributed by atoms with Crippen molar-refractivity contribution < 1.29 is 14.3 Å². The van der Waals surface area contributed by atoms with E-state index in [9.17, 15) is 4.79 Å². The van der Waals surface area contributed by atoms with E-state index >= 15 is 0 Å². The van der Waals surface area contributed by atoms with Crippen LogP contribution < -0.4 is 9.47 Å². The summed E-state index contributed by atoms with van der Waals surface area (Å²) in [4.78, 5) is 15.8. The molecule has 6 heteroatoms. The Morgan fingerprint density at radius 1 is 1.10 bits per heavy atom. The lowest BCUT2D eigenvalue weighted by Gasteiger charge is -2.22. The Bertz CT molecular complexity index is 966. The van der Waals surface area contributed by atoms with Crippen LogP contribution in [0.5, 0.6) is 11.5 Å². The van der Waals surface area contributed by atoms with Crippen molar-refractivity contribution in [2.75, 3.05) is 20.3 Å². The predicted molar refractivity (Wildman–Crippen MR) is 113 cm³/mol. The molecule has 148 valence electrons. The molecular formula is C23H22N2O3S. The lowest BCUT2D eigenvalue weighted by atomic mass is 10.1. The second kappa shape index (κ2) is 10.3. The fourth-order valence-electron chi connectivity index (χ4n) is 2.88. The van der Waals surface area contributed by atoms with Gasteiger partial charge in [0.15, 0.2) is 18.1 Å². The van der Waals surface area contributed by atoms with E-state index in [2.05, 4.69) is 18.2 Å². The first-order chi connectivity index (χ1) is 14.2. The number of hydrogen-bond donors (Lipinski definition) is 0. The Balaban J connectivity index is 1.66. The number of benzene rings is 2. The van der Waals surface area contributed by atoms with E-state index in [1.54, 1.807) is 29.5 Å². The van der Waals surface area contributed by atoms with Crippen molar-refractivity contribution in [3.05, 3.63) is 82.0 Å². The molecule has 1 heterocycles. The van der Waals surface area contributed by atoms with Gasteiger partial charge in [-0.05, 0) is 35.6 Å². The largest absolute Gasteiger partial charge is 0.493 e. The van der Waals surface area contributed by atoms with Gasteiger partial charge < -0.3 is 14.4 Å². The van der Waals surface area contributed by atoms with Gasteiger partial charge in [0, 0.05) is 17.5 Å². The Morgan fingerprint density at radius 2 is 1.93 bits per heavy atom. The highest BCUT2D eigenvalue weighted by atomic mass is 32.1. The highest BCUT2D eigenvalue weighted by molar-refractivity contribution is 7.09. The van der Waals surface area contributed by atoms with Crippen LogP contribution in [0.15, 0.2) is 66.0 Å². The fourth-order valence-corrected chi connectivity index (χ4v) is 3.60. The number of nitriles is 1. The molecule has 5 nitrogen and oxygen atoms in total. The van der Waals surface area contributed by atoms with Gasteiger partial charge in [-0.2, -0.15) is 5.26 Å². The van der Waals surface area contributed by atoms with Gasteiger partial charge in [-0.25, -0.2) is 0 Å². The Labute approximate surface area is 174 Å². The van der Waals surface area contributed by atoms with Crippen LogP contribution in [0.1, 0.15) is 16.0 Å². The zero-order chi connectivity index (χ0) is 20.5. The minimum atomic E-state index is -0.0965. The van der Waals surface area contributed by atoms with E-state index in [-0.39, 0.29) is 12.5 Å². The molecule has 0 aliphatic heterocycles. The summed E-state index contributed by atoms with van der Waals surface area (Å²) >= 11 is 1.63. The Morgan fingerprint density at radius 3 is 2.62 bits per heavy atom. The summed E-state index contributed by atoms with van der Waals surface area (Å²) in [7, 11) is 1.51. The predicted octanol–water partition coefficient (Wildman–Crippen LogP) is 4.28. The van der Waals surface area contributed by atoms with Gasteiger partial charge in [-0.15, -0.1) is 11.3 Å². The highest BCUT2D eigenvalue weighted by Crippen LogP contribution is 2.28. The molecule has 0 bridgehead atoms. The third kappa shape index (κ3) is 5.84. The van der Waals surface area contributed by atoms with Gasteiger partial charge in [0.1, 0.15) is 0 Å². The second-order valence-electron chi connectivity index (χ2n) is 6.40. The minimum Gasteiger partial charge on any atom is -0.493 e. The smallest absolute Gasteiger partial charge is 0.260 e. The molecule has 0 fully saturated rings. The number of nitrogens with zero attached hydrogens (tertiary/aromatic N) is 2. The van der Waals surface area contributed by atoms with Crippen LogP contribution in [-0.2, 0) is 17.8 Å². The van der Waals surface area contributed by atoms with Crippen molar-refractivity contribution in [3.63, 3.8) is 0 Å². The molecule has 0 atom stereocenters. The lowest BCUT2D eigenvalue weighted by molar-refractivity contribution is -0.134. The summed E-state index contributed by atoms with van der Waals surface area (Å²) in [6, 6.07) is 21.1. The van der Waals surface area contributed by atoms with Crippen LogP contribution in [0.25, 0.3) is 0 Å². The van der Waals surface area contributed by atoms with Crippen molar-refractivity contribution in [3.8, 4) is 17.6 Å². The number of rotatable bonds is 9. The molecule has 29 heavy (non-hydrogen) atoms. The van der Waals surface area contributed by atoms with E-state index in [1.165, 1.54) is 12.7 Å². The molecular weight excluding hydrogens is 384 g/mol. The first-order valence-electron chi connectivity index (χ1n) is 9.24. The van der Waals surface area contributed by atoms with Crippen molar-refractivity contribution in [1.82, 2.24) is 4.90 Å². The van der Waals surface area contributed by atoms with Crippen molar-refractivity contribution in [2.24, 2.45) is 0 Å². The molecule has 1 aromatic heterocycles. The van der Waals surface area contributed by atoms with Gasteiger partial charge in [-0.3, -0.25) is 4.79 Å². The minimum absolute atomic E-state index is 0.0948. The maximum absolute atomic E-state index is 12.9. The maximum Gasteiger partial charge on any atom is 0.260 e. The number of amides is 1. The molecule has 0 spiro atoms. The first kappa shape index (κ1) is 20.4. The Kier molecular flexibility index (Phi) is 7.26. The molecule has 0 radical (unpaired) electrons. The first-order valence-corrected chi connectivity index (χ1v) is 10.1. The summed E-state index contributed by atoms with van der Waals surface area (Å²) in [5, 5.41) is 11.0. The number of methoxy groups -OCH3 is 1. The number of hydrogen-bond acceptors (Lipinski definition) is 5. The van der Waals surface area contributed by atoms with Crippen molar-refractivity contribution >= 4 is 17.2 Å². The van der Waals surface area contributed by atoms with Gasteiger partial charge in [0.05, 0.1) is 25.3 Å². The number of carbonyl (C=O) groups excluding carboxylic acids is 1. The zero-order valence-corrected chi connectivity index (χ0v) is 17.0. The van der Waals surface area contributed by atoms with Crippen molar-refractivity contribution in [2.45, 2.75) is 13.0 Å². The van der Waals surface area contributed by atoms with E-state index in [0.717, 1.165) is 11.3 Å². The summed E-state index contributed by atoms with van der Waals surface area (Å²) < 4.78 is 11.0. The average molecular weight is 407 g/mol. The van der Waals surface area contributed by atoms with E-state index in [0.29, 0.717) is 30.2 Å². The van der Waals surface area contributed by atoms with E-state index in [1.807, 2.05) is 40.6 Å². The summed E-state index contributed by atoms with van der Waals surface area (Å²) in [5.74, 6) is 0.783. The molecule has 0 N–H and O–H groups in total. The fraction of sp³-hybridized carbons (Fsp3) is 0.217. The highest BCUT2D eigenvalue weighted by Gasteiger charge is 2.17. The third-order valence-electron chi connectivity index (χ3n) is 4.44. The zero-order valence-electron chi connectivity index (χ0n) is 16.2. The second-order valence-corrected chi connectivity index (χ2v) is 7.43. The van der Waals surface area contributed by atoms with Gasteiger partial charge in [0.25, 0.3) is 5.91 Å². The monoisotopic (exact) mass is 406 g/mol. The van der Waals surface area contributed by atoms with Crippen LogP contribution >= 0.6 is 11.3 Å². The maximum atomic E-state index is 12.9. The van der Waals surface area contributed by atoms with Gasteiger partial charge in [0.2, 0.25) is 0 Å². The average Bonchev–Trinajstić information content (AvgIpc) is 3.28. The molecule has 0 saturated heterocycles. The van der Waals surface area contributed by atoms with Crippen LogP contribution in [0.4, 0.5) is 0 Å². The van der Waals surface area contributed by atoms with Crippen LogP contribution in [0.3, 0.4) is 0 Å². The molecule has 3 aromatic rings. The third-order valence-corrected chi connectivity index (χ3v) is 5.30. The summed E-state index contributed by atoms with van der Waals surface area (Å²) in [6.07, 6.45) is 0.776. The molecule has 2 aromatic carbocycles. The lowest BCUT2D eigenvalue weighted by Crippen LogP contribution is -2.35.